The second-order valence-corrected chi connectivity index (χ2v) is 7.18. The SMILES string of the molecule is COC=C(C(=O)OC)C1=CN(c2ccc(OCC3CC3)cc2C)CS1. The molecule has 0 radical (unpaired) electrons. The molecule has 1 fully saturated rings. The van der Waals surface area contributed by atoms with Gasteiger partial charge in [-0.15, -0.1) is 11.8 Å². The zero-order valence-electron chi connectivity index (χ0n) is 14.8. The van der Waals surface area contributed by atoms with Gasteiger partial charge in [-0.05, 0) is 49.4 Å². The fraction of sp³-hybridized carbons (Fsp3) is 0.421. The normalized spacial score (nSPS) is 17.3. The molecule has 0 N–H and O–H groups in total. The van der Waals surface area contributed by atoms with Crippen molar-refractivity contribution in [2.75, 3.05) is 31.6 Å². The summed E-state index contributed by atoms with van der Waals surface area (Å²) in [5.74, 6) is 1.99. The molecule has 1 aliphatic heterocycles. The average Bonchev–Trinajstić information content (AvgIpc) is 3.33. The minimum atomic E-state index is -0.400. The van der Waals surface area contributed by atoms with E-state index in [1.165, 1.54) is 33.3 Å². The van der Waals surface area contributed by atoms with Gasteiger partial charge in [-0.25, -0.2) is 4.79 Å². The highest BCUT2D eigenvalue weighted by Gasteiger charge is 2.24. The second-order valence-electron chi connectivity index (χ2n) is 6.20. The lowest BCUT2D eigenvalue weighted by Gasteiger charge is -2.18. The third-order valence-corrected chi connectivity index (χ3v) is 5.24. The number of aryl methyl sites for hydroxylation is 1. The number of hydrogen-bond acceptors (Lipinski definition) is 6. The smallest absolute Gasteiger partial charge is 0.342 e. The van der Waals surface area contributed by atoms with Crippen LogP contribution in [0.2, 0.25) is 0 Å². The maximum Gasteiger partial charge on any atom is 0.342 e. The highest BCUT2D eigenvalue weighted by molar-refractivity contribution is 8.03. The molecule has 0 atom stereocenters. The molecule has 1 aromatic carbocycles. The van der Waals surface area contributed by atoms with Crippen molar-refractivity contribution in [3.05, 3.63) is 46.7 Å². The van der Waals surface area contributed by atoms with Crippen LogP contribution in [0.5, 0.6) is 5.75 Å². The predicted octanol–water partition coefficient (Wildman–Crippen LogP) is 3.84. The molecule has 0 amide bonds. The Morgan fingerprint density at radius 1 is 1.36 bits per heavy atom. The number of carbonyl (C=O) groups is 1. The summed E-state index contributed by atoms with van der Waals surface area (Å²) in [6, 6.07) is 6.14. The van der Waals surface area contributed by atoms with Crippen LogP contribution < -0.4 is 9.64 Å². The van der Waals surface area contributed by atoms with E-state index in [1.807, 2.05) is 12.3 Å². The molecule has 0 aromatic heterocycles. The maximum atomic E-state index is 11.9. The minimum Gasteiger partial charge on any atom is -0.503 e. The number of carbonyl (C=O) groups excluding carboxylic acids is 1. The van der Waals surface area contributed by atoms with E-state index in [0.717, 1.165) is 40.3 Å². The molecule has 0 saturated heterocycles. The number of thioether (sulfide) groups is 1. The van der Waals surface area contributed by atoms with Gasteiger partial charge in [-0.3, -0.25) is 0 Å². The molecule has 2 aliphatic rings. The zero-order chi connectivity index (χ0) is 17.8. The first kappa shape index (κ1) is 17.7. The summed E-state index contributed by atoms with van der Waals surface area (Å²) in [4.78, 5) is 14.9. The highest BCUT2D eigenvalue weighted by Crippen LogP contribution is 2.37. The number of rotatable bonds is 7. The molecule has 0 spiro atoms. The predicted molar refractivity (Wildman–Crippen MR) is 99.5 cm³/mol. The van der Waals surface area contributed by atoms with E-state index in [0.29, 0.717) is 5.57 Å². The molecule has 1 aliphatic carbocycles. The van der Waals surface area contributed by atoms with Gasteiger partial charge < -0.3 is 19.1 Å². The van der Waals surface area contributed by atoms with Crippen molar-refractivity contribution in [3.8, 4) is 5.75 Å². The molecule has 3 rings (SSSR count). The van der Waals surface area contributed by atoms with Crippen molar-refractivity contribution < 1.29 is 19.0 Å². The van der Waals surface area contributed by atoms with Gasteiger partial charge in [0.2, 0.25) is 0 Å². The Labute approximate surface area is 152 Å². The number of hydrogen-bond donors (Lipinski definition) is 0. The van der Waals surface area contributed by atoms with E-state index in [1.54, 1.807) is 11.8 Å². The fourth-order valence-electron chi connectivity index (χ4n) is 2.61. The first-order chi connectivity index (χ1) is 12.1. The van der Waals surface area contributed by atoms with Crippen molar-refractivity contribution in [1.29, 1.82) is 0 Å². The van der Waals surface area contributed by atoms with Crippen LogP contribution in [0.25, 0.3) is 0 Å². The summed E-state index contributed by atoms with van der Waals surface area (Å²) in [7, 11) is 2.89. The molecule has 6 heteroatoms. The highest BCUT2D eigenvalue weighted by atomic mass is 32.2. The third-order valence-electron chi connectivity index (χ3n) is 4.20. The number of ether oxygens (including phenoxy) is 3. The van der Waals surface area contributed by atoms with Crippen molar-refractivity contribution in [2.45, 2.75) is 19.8 Å². The summed E-state index contributed by atoms with van der Waals surface area (Å²) < 4.78 is 15.7. The monoisotopic (exact) mass is 361 g/mol. The van der Waals surface area contributed by atoms with Gasteiger partial charge in [0.05, 0.1) is 33.0 Å². The first-order valence-electron chi connectivity index (χ1n) is 8.28. The van der Waals surface area contributed by atoms with Crippen molar-refractivity contribution in [1.82, 2.24) is 0 Å². The summed E-state index contributed by atoms with van der Waals surface area (Å²) in [5.41, 5.74) is 2.67. The summed E-state index contributed by atoms with van der Waals surface area (Å²) in [6.45, 7) is 2.88. The quantitative estimate of drug-likeness (QED) is 0.418. The lowest BCUT2D eigenvalue weighted by molar-refractivity contribution is -0.135. The van der Waals surface area contributed by atoms with Gasteiger partial charge in [0, 0.05) is 16.8 Å². The van der Waals surface area contributed by atoms with Crippen LogP contribution in [0.3, 0.4) is 0 Å². The third kappa shape index (κ3) is 4.31. The molecule has 5 nitrogen and oxygen atoms in total. The van der Waals surface area contributed by atoms with E-state index in [9.17, 15) is 4.79 Å². The number of esters is 1. The number of nitrogens with zero attached hydrogens (tertiary/aromatic N) is 1. The van der Waals surface area contributed by atoms with E-state index in [2.05, 4.69) is 24.0 Å². The van der Waals surface area contributed by atoms with E-state index < -0.39 is 5.97 Å². The van der Waals surface area contributed by atoms with Crippen LogP contribution in [-0.2, 0) is 14.3 Å². The molecule has 0 unspecified atom stereocenters. The molecule has 1 aromatic rings. The maximum absolute atomic E-state index is 11.9. The minimum absolute atomic E-state index is 0.400. The Kier molecular flexibility index (Phi) is 5.58. The van der Waals surface area contributed by atoms with Gasteiger partial charge in [0.1, 0.15) is 11.3 Å². The molecule has 25 heavy (non-hydrogen) atoms. The Morgan fingerprint density at radius 2 is 2.16 bits per heavy atom. The fourth-order valence-corrected chi connectivity index (χ4v) is 3.60. The number of methoxy groups -OCH3 is 2. The van der Waals surface area contributed by atoms with Crippen LogP contribution >= 0.6 is 11.8 Å². The Balaban J connectivity index is 1.74. The molecule has 134 valence electrons. The Morgan fingerprint density at radius 3 is 2.80 bits per heavy atom. The summed E-state index contributed by atoms with van der Waals surface area (Å²) in [5, 5.41) is 0. The molecular weight excluding hydrogens is 338 g/mol. The van der Waals surface area contributed by atoms with Crippen molar-refractivity contribution in [2.24, 2.45) is 5.92 Å². The first-order valence-corrected chi connectivity index (χ1v) is 9.27. The van der Waals surface area contributed by atoms with Gasteiger partial charge in [0.15, 0.2) is 0 Å². The van der Waals surface area contributed by atoms with Crippen molar-refractivity contribution >= 4 is 23.4 Å². The summed E-state index contributed by atoms with van der Waals surface area (Å²) >= 11 is 1.58. The molecule has 1 saturated carbocycles. The Hall–Kier alpha value is -2.08. The van der Waals surface area contributed by atoms with Gasteiger partial charge in [-0.1, -0.05) is 0 Å². The van der Waals surface area contributed by atoms with Crippen LogP contribution in [-0.4, -0.2) is 32.7 Å². The van der Waals surface area contributed by atoms with Gasteiger partial charge in [0.25, 0.3) is 0 Å². The molecule has 0 bridgehead atoms. The van der Waals surface area contributed by atoms with E-state index >= 15 is 0 Å². The van der Waals surface area contributed by atoms with E-state index in [-0.39, 0.29) is 0 Å². The standard InChI is InChI=1S/C19H23NO4S/c1-13-8-15(24-10-14-4-5-14)6-7-17(13)20-9-18(25-12-20)16(11-22-2)19(21)23-3/h6-9,11,14H,4-5,10,12H2,1-3H3. The van der Waals surface area contributed by atoms with E-state index in [4.69, 9.17) is 14.2 Å². The lowest BCUT2D eigenvalue weighted by Crippen LogP contribution is -2.12. The van der Waals surface area contributed by atoms with Gasteiger partial charge in [-0.2, -0.15) is 0 Å². The molecule has 1 heterocycles. The molecular formula is C19H23NO4S. The average molecular weight is 361 g/mol. The van der Waals surface area contributed by atoms with Crippen LogP contribution in [0.15, 0.2) is 41.1 Å². The van der Waals surface area contributed by atoms with Crippen molar-refractivity contribution in [3.63, 3.8) is 0 Å². The Bertz CT molecular complexity index is 709. The number of benzene rings is 1. The second kappa shape index (κ2) is 7.87. The van der Waals surface area contributed by atoms with Crippen LogP contribution in [0.4, 0.5) is 5.69 Å². The topological polar surface area (TPSA) is 48.0 Å². The summed E-state index contributed by atoms with van der Waals surface area (Å²) in [6.07, 6.45) is 5.95. The van der Waals surface area contributed by atoms with Crippen LogP contribution in [0.1, 0.15) is 18.4 Å². The largest absolute Gasteiger partial charge is 0.503 e. The number of anilines is 1. The lowest BCUT2D eigenvalue weighted by atomic mass is 10.1. The zero-order valence-corrected chi connectivity index (χ0v) is 15.6. The van der Waals surface area contributed by atoms with Crippen LogP contribution in [0, 0.1) is 12.8 Å². The van der Waals surface area contributed by atoms with Gasteiger partial charge >= 0.3 is 5.97 Å².